The maximum absolute atomic E-state index is 12.7. The van der Waals surface area contributed by atoms with Crippen molar-refractivity contribution in [1.82, 2.24) is 4.72 Å². The first kappa shape index (κ1) is 20.2. The summed E-state index contributed by atoms with van der Waals surface area (Å²) in [5.74, 6) is -7.55. The number of hydrogen-bond acceptors (Lipinski definition) is 4. The molecule has 0 aromatic heterocycles. The van der Waals surface area contributed by atoms with Crippen molar-refractivity contribution in [2.24, 2.45) is 0 Å². The van der Waals surface area contributed by atoms with E-state index in [1.807, 2.05) is 0 Å². The summed E-state index contributed by atoms with van der Waals surface area (Å²) in [7, 11) is -15.4. The Morgan fingerprint density at radius 2 is 1.00 bits per heavy atom. The average Bonchev–Trinajstić information content (AvgIpc) is 2.10. The van der Waals surface area contributed by atoms with Crippen LogP contribution in [-0.2, 0) is 20.2 Å². The molecule has 0 aliphatic rings. The number of hydrogen-bond donors (Lipinski definition) is 1. The van der Waals surface area contributed by atoms with Gasteiger partial charge in [-0.2, -0.15) is 47.9 Å². The van der Waals surface area contributed by atoms with E-state index in [1.165, 1.54) is 0 Å². The van der Waals surface area contributed by atoms with Gasteiger partial charge in [-0.25, -0.2) is 8.42 Å². The van der Waals surface area contributed by atoms with Gasteiger partial charge in [0.05, 0.1) is 0 Å². The zero-order valence-corrected chi connectivity index (χ0v) is 10.4. The fraction of sp³-hybridized carbons (Fsp3) is 1.00. The van der Waals surface area contributed by atoms with E-state index in [0.717, 1.165) is 0 Å². The molecule has 0 saturated heterocycles. The summed E-state index contributed by atoms with van der Waals surface area (Å²) in [6, 6.07) is 0. The maximum atomic E-state index is 12.7. The van der Waals surface area contributed by atoms with Crippen LogP contribution in [0.3, 0.4) is 0 Å². The second-order valence-corrected chi connectivity index (χ2v) is 6.26. The van der Waals surface area contributed by atoms with Crippen molar-refractivity contribution in [3.8, 4) is 0 Å². The SMILES string of the molecule is O=S(=O)(F)C(F)(F)C(F)(F)C(F)(F)S(=O)(=O)NC(F)(F)F. The van der Waals surface area contributed by atoms with Crippen LogP contribution in [0, 0.1) is 0 Å². The second kappa shape index (κ2) is 4.83. The zero-order valence-electron chi connectivity index (χ0n) is 8.73. The number of alkyl halides is 9. The molecule has 0 aromatic carbocycles. The lowest BCUT2D eigenvalue weighted by Crippen LogP contribution is -2.63. The van der Waals surface area contributed by atoms with Gasteiger partial charge in [0.1, 0.15) is 0 Å². The van der Waals surface area contributed by atoms with E-state index < -0.39 is 47.7 Å². The largest absolute Gasteiger partial charge is 0.470 e. The molecule has 0 fully saturated rings. The first-order valence-corrected chi connectivity index (χ1v) is 6.75. The molecule has 1 N–H and O–H groups in total. The molecule has 5 nitrogen and oxygen atoms in total. The lowest BCUT2D eigenvalue weighted by molar-refractivity contribution is -0.246. The zero-order chi connectivity index (χ0) is 17.7. The Labute approximate surface area is 109 Å². The van der Waals surface area contributed by atoms with Crippen molar-refractivity contribution in [1.29, 1.82) is 0 Å². The highest BCUT2D eigenvalue weighted by molar-refractivity contribution is 7.91. The smallest absolute Gasteiger partial charge is 0.205 e. The van der Waals surface area contributed by atoms with E-state index >= 15 is 0 Å². The van der Waals surface area contributed by atoms with E-state index in [4.69, 9.17) is 0 Å². The van der Waals surface area contributed by atoms with Crippen LogP contribution >= 0.6 is 0 Å². The van der Waals surface area contributed by atoms with E-state index in [-0.39, 0.29) is 0 Å². The molecular weight excluding hydrogens is 380 g/mol. The van der Waals surface area contributed by atoms with Crippen LogP contribution in [0.25, 0.3) is 0 Å². The highest BCUT2D eigenvalue weighted by Crippen LogP contribution is 2.51. The quantitative estimate of drug-likeness (QED) is 0.445. The third-order valence-corrected chi connectivity index (χ3v) is 3.93. The molecule has 0 heterocycles. The maximum Gasteiger partial charge on any atom is 0.470 e. The normalized spacial score (nSPS) is 16.1. The van der Waals surface area contributed by atoms with Crippen LogP contribution in [0.1, 0.15) is 0 Å². The highest BCUT2D eigenvalue weighted by Gasteiger charge is 2.83. The van der Waals surface area contributed by atoms with Crippen LogP contribution in [0.4, 0.5) is 43.4 Å². The molecule has 0 saturated carbocycles. The summed E-state index contributed by atoms with van der Waals surface area (Å²) in [5, 5.41) is -14.6. The summed E-state index contributed by atoms with van der Waals surface area (Å²) in [6.45, 7) is 0. The van der Waals surface area contributed by atoms with Crippen molar-refractivity contribution in [3.05, 3.63) is 0 Å². The first-order chi connectivity index (χ1) is 8.71. The molecule has 128 valence electrons. The molecule has 0 aromatic rings. The summed E-state index contributed by atoms with van der Waals surface area (Å²) < 4.78 is 161. The van der Waals surface area contributed by atoms with E-state index in [9.17, 15) is 60.2 Å². The highest BCUT2D eigenvalue weighted by atomic mass is 32.3. The Morgan fingerprint density at radius 3 is 1.24 bits per heavy atom. The van der Waals surface area contributed by atoms with Gasteiger partial charge in [0.2, 0.25) is 0 Å². The van der Waals surface area contributed by atoms with Gasteiger partial charge in [-0.3, -0.25) is 0 Å². The molecule has 0 atom stereocenters. The lowest BCUT2D eigenvalue weighted by Gasteiger charge is -2.29. The summed E-state index contributed by atoms with van der Waals surface area (Å²) in [6.07, 6.45) is -6.28. The molecule has 0 spiro atoms. The number of nitrogens with one attached hydrogen (secondary N) is 1. The van der Waals surface area contributed by atoms with Crippen molar-refractivity contribution in [3.63, 3.8) is 0 Å². The Bertz CT molecular complexity index is 603. The standard InChI is InChI=1S/C4HF10NO4S2/c5-1(6,2(7,8)20(14,16)17)3(9,10)21(18,19)15-4(11,12)13/h15H. The monoisotopic (exact) mass is 381 g/mol. The van der Waals surface area contributed by atoms with Gasteiger partial charge in [-0.1, -0.05) is 3.89 Å². The van der Waals surface area contributed by atoms with Gasteiger partial charge in [-0.05, 0) is 0 Å². The van der Waals surface area contributed by atoms with Gasteiger partial charge in [0, 0.05) is 0 Å². The van der Waals surface area contributed by atoms with Crippen molar-refractivity contribution < 1.29 is 60.2 Å². The van der Waals surface area contributed by atoms with Crippen molar-refractivity contribution in [2.75, 3.05) is 0 Å². The van der Waals surface area contributed by atoms with Crippen LogP contribution < -0.4 is 4.72 Å². The van der Waals surface area contributed by atoms with Crippen LogP contribution in [-0.4, -0.2) is 39.6 Å². The van der Waals surface area contributed by atoms with E-state index in [0.29, 0.717) is 0 Å². The Kier molecular flexibility index (Phi) is 4.64. The fourth-order valence-electron chi connectivity index (χ4n) is 0.708. The van der Waals surface area contributed by atoms with E-state index in [1.54, 1.807) is 0 Å². The third-order valence-electron chi connectivity index (χ3n) is 1.62. The first-order valence-electron chi connectivity index (χ1n) is 3.88. The summed E-state index contributed by atoms with van der Waals surface area (Å²) in [4.78, 5) is 0. The number of halogens is 10. The predicted octanol–water partition coefficient (Wildman–Crippen LogP) is 1.55. The average molecular weight is 381 g/mol. The van der Waals surface area contributed by atoms with Crippen molar-refractivity contribution in [2.45, 2.75) is 22.7 Å². The van der Waals surface area contributed by atoms with Gasteiger partial charge in [0.15, 0.2) is 0 Å². The molecule has 0 bridgehead atoms. The van der Waals surface area contributed by atoms with Crippen LogP contribution in [0.5, 0.6) is 0 Å². The molecule has 0 amide bonds. The van der Waals surface area contributed by atoms with Crippen molar-refractivity contribution >= 4 is 20.2 Å². The van der Waals surface area contributed by atoms with Gasteiger partial charge in [-0.15, -0.1) is 4.72 Å². The Morgan fingerprint density at radius 1 is 0.667 bits per heavy atom. The minimum absolute atomic E-state index is 1.04. The Balaban J connectivity index is 6.15. The van der Waals surface area contributed by atoms with Gasteiger partial charge in [0.25, 0.3) is 10.0 Å². The molecule has 0 aliphatic carbocycles. The second-order valence-electron chi connectivity index (χ2n) is 3.15. The van der Waals surface area contributed by atoms with E-state index in [2.05, 4.69) is 0 Å². The summed E-state index contributed by atoms with van der Waals surface area (Å²) in [5.41, 5.74) is 0. The van der Waals surface area contributed by atoms with Gasteiger partial charge >= 0.3 is 33.0 Å². The molecule has 0 unspecified atom stereocenters. The minimum atomic E-state index is -7.78. The molecule has 0 aliphatic heterocycles. The molecule has 17 heteroatoms. The van der Waals surface area contributed by atoms with Crippen LogP contribution in [0.15, 0.2) is 0 Å². The number of rotatable bonds is 5. The lowest BCUT2D eigenvalue weighted by atomic mass is 10.3. The third kappa shape index (κ3) is 3.33. The Hall–Kier alpha value is -0.840. The number of sulfonamides is 1. The topological polar surface area (TPSA) is 80.3 Å². The molecule has 21 heavy (non-hydrogen) atoms. The van der Waals surface area contributed by atoms with Gasteiger partial charge < -0.3 is 0 Å². The molecule has 0 rings (SSSR count). The fourth-order valence-corrected chi connectivity index (χ4v) is 2.11. The summed E-state index contributed by atoms with van der Waals surface area (Å²) >= 11 is 0. The molecule has 0 radical (unpaired) electrons. The predicted molar refractivity (Wildman–Crippen MR) is 43.0 cm³/mol. The minimum Gasteiger partial charge on any atom is -0.205 e. The molecular formula is C4HF10NO4S2. The van der Waals surface area contributed by atoms with Crippen LogP contribution in [0.2, 0.25) is 0 Å².